The van der Waals surface area contributed by atoms with E-state index in [0.29, 0.717) is 6.61 Å². The second-order valence-corrected chi connectivity index (χ2v) is 13.7. The van der Waals surface area contributed by atoms with E-state index in [1.165, 1.54) is 154 Å². The molecule has 0 aromatic rings. The molecule has 0 rings (SSSR count). The number of rotatable bonds is 34. The van der Waals surface area contributed by atoms with Gasteiger partial charge in [0.15, 0.2) is 0 Å². The van der Waals surface area contributed by atoms with E-state index in [0.717, 1.165) is 45.6 Å². The van der Waals surface area contributed by atoms with Crippen LogP contribution in [0.4, 0.5) is 4.79 Å². The first-order chi connectivity index (χ1) is 21.0. The second-order valence-electron chi connectivity index (χ2n) is 13.7. The fourth-order valence-corrected chi connectivity index (χ4v) is 5.80. The van der Waals surface area contributed by atoms with E-state index < -0.39 is 0 Å². The zero-order chi connectivity index (χ0) is 31.6. The molecular formula is C38H79N3O2. The minimum absolute atomic E-state index is 0.0984. The molecule has 0 saturated carbocycles. The fraction of sp³-hybridized carbons (Fsp3) is 0.974. The molecule has 0 heterocycles. The standard InChI is InChI=1S/C38H79N3O2/c1-6-8-10-12-14-16-18-20-21-23-25-27-29-31-33-41(38(42)43-37-36-40(5)35-34-39(3)4)32-30-28-26-24-22-19-17-15-13-11-9-7-2/h6-37H2,1-5H3. The van der Waals surface area contributed by atoms with E-state index in [4.69, 9.17) is 4.74 Å². The van der Waals surface area contributed by atoms with Gasteiger partial charge in [-0.25, -0.2) is 4.79 Å². The topological polar surface area (TPSA) is 36.0 Å². The summed E-state index contributed by atoms with van der Waals surface area (Å²) in [5.74, 6) is 0. The average molecular weight is 610 g/mol. The van der Waals surface area contributed by atoms with Crippen molar-refractivity contribution in [2.24, 2.45) is 0 Å². The third-order valence-electron chi connectivity index (χ3n) is 8.95. The molecule has 0 unspecified atom stereocenters. The first kappa shape index (κ1) is 42.2. The molecule has 0 saturated heterocycles. The summed E-state index contributed by atoms with van der Waals surface area (Å²) in [5, 5.41) is 0. The van der Waals surface area contributed by atoms with Crippen molar-refractivity contribution in [1.29, 1.82) is 0 Å². The van der Waals surface area contributed by atoms with E-state index in [2.05, 4.69) is 44.8 Å². The smallest absolute Gasteiger partial charge is 0.409 e. The Kier molecular flexibility index (Phi) is 33.4. The molecule has 0 aliphatic rings. The van der Waals surface area contributed by atoms with Crippen LogP contribution in [0.1, 0.15) is 181 Å². The number of carbonyl (C=O) groups is 1. The summed E-state index contributed by atoms with van der Waals surface area (Å²) in [6.45, 7) is 9.58. The Balaban J connectivity index is 4.10. The van der Waals surface area contributed by atoms with Crippen molar-refractivity contribution in [1.82, 2.24) is 14.7 Å². The van der Waals surface area contributed by atoms with Gasteiger partial charge in [0.05, 0.1) is 0 Å². The molecule has 0 bridgehead atoms. The number of nitrogens with zero attached hydrogens (tertiary/aromatic N) is 3. The predicted molar refractivity (Wildman–Crippen MR) is 190 cm³/mol. The Morgan fingerprint density at radius 1 is 0.419 bits per heavy atom. The van der Waals surface area contributed by atoms with Crippen molar-refractivity contribution in [2.45, 2.75) is 181 Å². The Bertz CT molecular complexity index is 557. The van der Waals surface area contributed by atoms with Gasteiger partial charge in [-0.3, -0.25) is 0 Å². The fourth-order valence-electron chi connectivity index (χ4n) is 5.80. The molecule has 0 radical (unpaired) electrons. The molecule has 0 fully saturated rings. The first-order valence-corrected chi connectivity index (χ1v) is 19.3. The van der Waals surface area contributed by atoms with Crippen LogP contribution in [0.3, 0.4) is 0 Å². The highest BCUT2D eigenvalue weighted by Crippen LogP contribution is 2.15. The lowest BCUT2D eigenvalue weighted by Crippen LogP contribution is -2.36. The van der Waals surface area contributed by atoms with Crippen molar-refractivity contribution in [3.05, 3.63) is 0 Å². The molecule has 0 aliphatic carbocycles. The molecule has 258 valence electrons. The van der Waals surface area contributed by atoms with E-state index >= 15 is 0 Å². The summed E-state index contributed by atoms with van der Waals surface area (Å²) in [5.41, 5.74) is 0. The summed E-state index contributed by atoms with van der Waals surface area (Å²) in [6, 6.07) is 0. The van der Waals surface area contributed by atoms with E-state index in [-0.39, 0.29) is 6.09 Å². The molecule has 0 aromatic heterocycles. The SMILES string of the molecule is CCCCCCCCCCCCCCCCN(CCCCCCCCCCCCCC)C(=O)OCCN(C)CCN(C)C. The van der Waals surface area contributed by atoms with Crippen molar-refractivity contribution in [3.63, 3.8) is 0 Å². The number of likely N-dealkylation sites (N-methyl/N-ethyl adjacent to an activating group) is 2. The summed E-state index contributed by atoms with van der Waals surface area (Å²) in [7, 11) is 6.30. The number of amides is 1. The first-order valence-electron chi connectivity index (χ1n) is 19.3. The molecule has 0 aromatic carbocycles. The molecule has 43 heavy (non-hydrogen) atoms. The van der Waals surface area contributed by atoms with Crippen molar-refractivity contribution in [2.75, 3.05) is 60.5 Å². The molecule has 0 atom stereocenters. The predicted octanol–water partition coefficient (Wildman–Crippen LogP) is 11.1. The molecule has 0 aliphatic heterocycles. The van der Waals surface area contributed by atoms with Crippen molar-refractivity contribution >= 4 is 6.09 Å². The van der Waals surface area contributed by atoms with Gasteiger partial charge in [0.25, 0.3) is 0 Å². The van der Waals surface area contributed by atoms with Crippen LogP contribution in [0.25, 0.3) is 0 Å². The van der Waals surface area contributed by atoms with Crippen LogP contribution in [0.2, 0.25) is 0 Å². The van der Waals surface area contributed by atoms with E-state index in [1.54, 1.807) is 0 Å². The Morgan fingerprint density at radius 2 is 0.744 bits per heavy atom. The van der Waals surface area contributed by atoms with E-state index in [9.17, 15) is 4.79 Å². The Hall–Kier alpha value is -0.810. The minimum Gasteiger partial charge on any atom is -0.448 e. The molecular weight excluding hydrogens is 530 g/mol. The molecule has 1 amide bonds. The van der Waals surface area contributed by atoms with Gasteiger partial charge in [0, 0.05) is 32.7 Å². The third-order valence-corrected chi connectivity index (χ3v) is 8.95. The zero-order valence-corrected chi connectivity index (χ0v) is 30.3. The van der Waals surface area contributed by atoms with Crippen molar-refractivity contribution in [3.8, 4) is 0 Å². The van der Waals surface area contributed by atoms with Gasteiger partial charge in [-0.2, -0.15) is 0 Å². The number of hydrogen-bond donors (Lipinski definition) is 0. The largest absolute Gasteiger partial charge is 0.448 e. The molecule has 0 N–H and O–H groups in total. The highest BCUT2D eigenvalue weighted by atomic mass is 16.6. The summed E-state index contributed by atoms with van der Waals surface area (Å²) in [6.07, 6.45) is 35.1. The highest BCUT2D eigenvalue weighted by Gasteiger charge is 2.14. The number of unbranched alkanes of at least 4 members (excludes halogenated alkanes) is 24. The Labute approximate surface area is 271 Å². The second kappa shape index (κ2) is 34.1. The van der Waals surface area contributed by atoms with Crippen molar-refractivity contribution < 1.29 is 9.53 Å². The minimum atomic E-state index is -0.0984. The van der Waals surface area contributed by atoms with Crippen LogP contribution < -0.4 is 0 Å². The summed E-state index contributed by atoms with van der Waals surface area (Å²) in [4.78, 5) is 19.4. The average Bonchev–Trinajstić information content (AvgIpc) is 2.99. The van der Waals surface area contributed by atoms with Gasteiger partial charge in [-0.1, -0.05) is 168 Å². The number of ether oxygens (including phenoxy) is 1. The summed E-state index contributed by atoms with van der Waals surface area (Å²) < 4.78 is 5.74. The lowest BCUT2D eigenvalue weighted by Gasteiger charge is -2.24. The van der Waals surface area contributed by atoms with Gasteiger partial charge in [0.1, 0.15) is 6.61 Å². The third kappa shape index (κ3) is 32.4. The van der Waals surface area contributed by atoms with Crippen LogP contribution in [-0.4, -0.2) is 81.3 Å². The number of hydrogen-bond acceptors (Lipinski definition) is 4. The maximum atomic E-state index is 13.0. The monoisotopic (exact) mass is 610 g/mol. The maximum Gasteiger partial charge on any atom is 0.409 e. The van der Waals surface area contributed by atoms with Crippen LogP contribution in [0, 0.1) is 0 Å². The van der Waals surface area contributed by atoms with Crippen LogP contribution in [0.15, 0.2) is 0 Å². The Morgan fingerprint density at radius 3 is 1.07 bits per heavy atom. The lowest BCUT2D eigenvalue weighted by atomic mass is 10.0. The van der Waals surface area contributed by atoms with Gasteiger partial charge >= 0.3 is 6.09 Å². The summed E-state index contributed by atoms with van der Waals surface area (Å²) >= 11 is 0. The van der Waals surface area contributed by atoms with Crippen LogP contribution >= 0.6 is 0 Å². The normalized spacial score (nSPS) is 11.6. The highest BCUT2D eigenvalue weighted by molar-refractivity contribution is 5.67. The van der Waals surface area contributed by atoms with Crippen LogP contribution in [0.5, 0.6) is 0 Å². The lowest BCUT2D eigenvalue weighted by molar-refractivity contribution is 0.0914. The number of carbonyl (C=O) groups excluding carboxylic acids is 1. The van der Waals surface area contributed by atoms with E-state index in [1.807, 2.05) is 4.90 Å². The van der Waals surface area contributed by atoms with Gasteiger partial charge < -0.3 is 19.4 Å². The maximum absolute atomic E-state index is 13.0. The molecule has 5 heteroatoms. The van der Waals surface area contributed by atoms with Gasteiger partial charge in [-0.15, -0.1) is 0 Å². The molecule has 5 nitrogen and oxygen atoms in total. The molecule has 0 spiro atoms. The van der Waals surface area contributed by atoms with Gasteiger partial charge in [-0.05, 0) is 34.0 Å². The zero-order valence-electron chi connectivity index (χ0n) is 30.3. The van der Waals surface area contributed by atoms with Crippen LogP contribution in [-0.2, 0) is 4.74 Å². The quantitative estimate of drug-likeness (QED) is 0.0680. The van der Waals surface area contributed by atoms with Gasteiger partial charge in [0.2, 0.25) is 0 Å².